The maximum Gasteiger partial charge on any atom is 0.416 e. The van der Waals surface area contributed by atoms with Gasteiger partial charge in [-0.15, -0.1) is 0 Å². The van der Waals surface area contributed by atoms with Crippen LogP contribution in [0.1, 0.15) is 29.7 Å². The smallest absolute Gasteiger partial charge is 0.416 e. The molecular weight excluding hydrogens is 413 g/mol. The monoisotopic (exact) mass is 432 g/mol. The van der Waals surface area contributed by atoms with Crippen LogP contribution in [-0.4, -0.2) is 33.3 Å². The molecule has 2 N–H and O–H groups in total. The molecule has 162 valence electrons. The summed E-state index contributed by atoms with van der Waals surface area (Å²) < 4.78 is 39.6. The van der Waals surface area contributed by atoms with Gasteiger partial charge in [-0.3, -0.25) is 24.6 Å². The number of carbonyl (C=O) groups is 3. The number of hydrogen-bond acceptors (Lipinski definition) is 4. The summed E-state index contributed by atoms with van der Waals surface area (Å²) >= 11 is 0. The van der Waals surface area contributed by atoms with Crippen molar-refractivity contribution in [3.63, 3.8) is 0 Å². The number of likely N-dealkylation sites (tertiary alicyclic amines) is 1. The van der Waals surface area contributed by atoms with Gasteiger partial charge < -0.3 is 5.11 Å². The lowest BCUT2D eigenvalue weighted by atomic mass is 9.80. The number of hydrogen-bond donors (Lipinski definition) is 2. The number of imide groups is 1. The lowest BCUT2D eigenvalue weighted by Crippen LogP contribution is -2.53. The van der Waals surface area contributed by atoms with Gasteiger partial charge in [0.25, 0.3) is 0 Å². The van der Waals surface area contributed by atoms with Crippen molar-refractivity contribution in [3.8, 4) is 0 Å². The second kappa shape index (κ2) is 7.19. The Hall–Kier alpha value is -3.20. The highest BCUT2D eigenvalue weighted by atomic mass is 19.4. The largest absolute Gasteiger partial charge is 0.480 e. The summed E-state index contributed by atoms with van der Waals surface area (Å²) in [7, 11) is 0. The van der Waals surface area contributed by atoms with E-state index in [1.807, 2.05) is 0 Å². The average molecular weight is 432 g/mol. The number of carboxylic acid groups (broad SMARTS) is 1. The molecule has 2 aliphatic heterocycles. The summed E-state index contributed by atoms with van der Waals surface area (Å²) in [6, 6.07) is 12.1. The second-order valence-electron chi connectivity index (χ2n) is 8.00. The molecule has 2 fully saturated rings. The van der Waals surface area contributed by atoms with Crippen molar-refractivity contribution in [1.29, 1.82) is 0 Å². The van der Waals surface area contributed by atoms with Crippen LogP contribution in [0.4, 0.5) is 13.2 Å². The number of nitrogens with one attached hydrogen (secondary N) is 1. The van der Waals surface area contributed by atoms with Crippen molar-refractivity contribution >= 4 is 17.8 Å². The molecular formula is C22H19F3N2O4. The molecule has 4 atom stereocenters. The van der Waals surface area contributed by atoms with Gasteiger partial charge in [0, 0.05) is 6.04 Å². The number of rotatable bonds is 4. The summed E-state index contributed by atoms with van der Waals surface area (Å²) in [5.41, 5.74) is -1.92. The lowest BCUT2D eigenvalue weighted by molar-refractivity contribution is -0.150. The molecule has 0 spiro atoms. The fourth-order valence-electron chi connectivity index (χ4n) is 4.51. The number of amides is 2. The summed E-state index contributed by atoms with van der Waals surface area (Å²) in [5.74, 6) is -4.95. The molecule has 2 aromatic rings. The zero-order chi connectivity index (χ0) is 22.6. The summed E-state index contributed by atoms with van der Waals surface area (Å²) in [6.45, 7) is 1.26. The van der Waals surface area contributed by atoms with Gasteiger partial charge in [0.05, 0.1) is 23.9 Å². The first-order valence-corrected chi connectivity index (χ1v) is 9.61. The predicted molar refractivity (Wildman–Crippen MR) is 102 cm³/mol. The molecule has 0 aliphatic carbocycles. The van der Waals surface area contributed by atoms with Crippen molar-refractivity contribution in [2.75, 3.05) is 0 Å². The van der Waals surface area contributed by atoms with E-state index >= 15 is 0 Å². The lowest BCUT2D eigenvalue weighted by Gasteiger charge is -2.27. The summed E-state index contributed by atoms with van der Waals surface area (Å²) in [5, 5.41) is 12.6. The van der Waals surface area contributed by atoms with Crippen molar-refractivity contribution < 1.29 is 32.7 Å². The van der Waals surface area contributed by atoms with Crippen molar-refractivity contribution in [2.45, 2.75) is 31.2 Å². The molecule has 4 rings (SSSR count). The Morgan fingerprint density at radius 1 is 1.10 bits per heavy atom. The third-order valence-corrected chi connectivity index (χ3v) is 6.08. The topological polar surface area (TPSA) is 86.7 Å². The van der Waals surface area contributed by atoms with Gasteiger partial charge in [-0.2, -0.15) is 13.2 Å². The Kier molecular flexibility index (Phi) is 4.88. The van der Waals surface area contributed by atoms with Gasteiger partial charge >= 0.3 is 12.1 Å². The second-order valence-corrected chi connectivity index (χ2v) is 8.00. The molecule has 0 radical (unpaired) electrons. The molecule has 9 heteroatoms. The van der Waals surface area contributed by atoms with Gasteiger partial charge in [-0.05, 0) is 30.2 Å². The van der Waals surface area contributed by atoms with Crippen molar-refractivity contribution in [3.05, 3.63) is 71.3 Å². The van der Waals surface area contributed by atoms with Gasteiger partial charge in [0.2, 0.25) is 11.8 Å². The van der Waals surface area contributed by atoms with Gasteiger partial charge in [0.1, 0.15) is 5.54 Å². The van der Waals surface area contributed by atoms with Crippen LogP contribution in [0.2, 0.25) is 0 Å². The van der Waals surface area contributed by atoms with Crippen molar-refractivity contribution in [2.24, 2.45) is 11.8 Å². The Labute approximate surface area is 175 Å². The minimum Gasteiger partial charge on any atom is -0.480 e. The Bertz CT molecular complexity index is 1060. The van der Waals surface area contributed by atoms with Crippen LogP contribution < -0.4 is 5.32 Å². The van der Waals surface area contributed by atoms with Gasteiger partial charge in [-0.25, -0.2) is 0 Å². The standard InChI is InChI=1S/C22H19F3N2O4/c1-21(20(30)31)16-15(17(26-21)13-8-5-9-14(10-13)22(23,24)25)18(28)27(19(16)29)11-12-6-3-2-4-7-12/h2-10,15-17,26H,11H2,1H3,(H,30,31). The Morgan fingerprint density at radius 3 is 2.39 bits per heavy atom. The number of fused-ring (bicyclic) bond motifs is 1. The Balaban J connectivity index is 1.75. The first-order valence-electron chi connectivity index (χ1n) is 9.61. The fourth-order valence-corrected chi connectivity index (χ4v) is 4.51. The van der Waals surface area contributed by atoms with E-state index in [1.54, 1.807) is 30.3 Å². The number of carboxylic acids is 1. The minimum absolute atomic E-state index is 0.0312. The third kappa shape index (κ3) is 3.38. The number of carbonyl (C=O) groups excluding carboxylic acids is 2. The van der Waals surface area contributed by atoms with Crippen LogP contribution in [0, 0.1) is 11.8 Å². The molecule has 6 nitrogen and oxygen atoms in total. The molecule has 0 saturated carbocycles. The molecule has 31 heavy (non-hydrogen) atoms. The maximum absolute atomic E-state index is 13.2. The van der Waals surface area contributed by atoms with E-state index in [2.05, 4.69) is 5.32 Å². The minimum atomic E-state index is -4.60. The quantitative estimate of drug-likeness (QED) is 0.726. The normalized spacial score (nSPS) is 28.1. The number of benzene rings is 2. The van der Waals surface area contributed by atoms with E-state index in [9.17, 15) is 32.7 Å². The summed E-state index contributed by atoms with van der Waals surface area (Å²) in [6.07, 6.45) is -4.60. The maximum atomic E-state index is 13.2. The molecule has 4 unspecified atom stereocenters. The van der Waals surface area contributed by atoms with Crippen molar-refractivity contribution in [1.82, 2.24) is 10.2 Å². The number of halogens is 3. The van der Waals surface area contributed by atoms with Crippen LogP contribution in [0.3, 0.4) is 0 Å². The van der Waals surface area contributed by atoms with E-state index in [0.29, 0.717) is 5.56 Å². The number of aliphatic carboxylic acids is 1. The van der Waals surface area contributed by atoms with E-state index < -0.39 is 52.9 Å². The van der Waals surface area contributed by atoms with Crippen LogP contribution in [-0.2, 0) is 27.1 Å². The first-order chi connectivity index (χ1) is 14.5. The SMILES string of the molecule is CC1(C(=O)O)NC(c2cccc(C(F)(F)F)c2)C2C(=O)N(Cc3ccccc3)C(=O)C21. The molecule has 2 saturated heterocycles. The van der Waals surface area contributed by atoms with Crippen LogP contribution in [0.5, 0.6) is 0 Å². The predicted octanol–water partition coefficient (Wildman–Crippen LogP) is 2.99. The van der Waals surface area contributed by atoms with Crippen LogP contribution in [0.25, 0.3) is 0 Å². The van der Waals surface area contributed by atoms with Gasteiger partial charge in [-0.1, -0.05) is 42.5 Å². The molecule has 0 aromatic heterocycles. The molecule has 0 bridgehead atoms. The first kappa shape index (κ1) is 21.0. The van der Waals surface area contributed by atoms with Gasteiger partial charge in [0.15, 0.2) is 0 Å². The van der Waals surface area contributed by atoms with E-state index in [-0.39, 0.29) is 12.1 Å². The third-order valence-electron chi connectivity index (χ3n) is 6.08. The fraction of sp³-hybridized carbons (Fsp3) is 0.318. The summed E-state index contributed by atoms with van der Waals surface area (Å²) in [4.78, 5) is 39.4. The van der Waals surface area contributed by atoms with E-state index in [0.717, 1.165) is 17.0 Å². The molecule has 2 heterocycles. The average Bonchev–Trinajstić information content (AvgIpc) is 3.18. The Morgan fingerprint density at radius 2 is 1.77 bits per heavy atom. The number of alkyl halides is 3. The molecule has 2 aliphatic rings. The highest BCUT2D eigenvalue weighted by molar-refractivity contribution is 6.09. The zero-order valence-electron chi connectivity index (χ0n) is 16.4. The highest BCUT2D eigenvalue weighted by Gasteiger charge is 2.66. The number of nitrogens with zero attached hydrogens (tertiary/aromatic N) is 1. The van der Waals surface area contributed by atoms with Crippen LogP contribution in [0.15, 0.2) is 54.6 Å². The molecule has 2 amide bonds. The molecule has 2 aromatic carbocycles. The zero-order valence-corrected chi connectivity index (χ0v) is 16.4. The highest BCUT2D eigenvalue weighted by Crippen LogP contribution is 2.49. The van der Waals surface area contributed by atoms with Crippen LogP contribution >= 0.6 is 0 Å². The van der Waals surface area contributed by atoms with E-state index in [1.165, 1.54) is 19.1 Å². The van der Waals surface area contributed by atoms with E-state index in [4.69, 9.17) is 0 Å².